The van der Waals surface area contributed by atoms with Crippen LogP contribution in [0.1, 0.15) is 20.3 Å². The lowest BCUT2D eigenvalue weighted by Gasteiger charge is -2.27. The van der Waals surface area contributed by atoms with Gasteiger partial charge in [-0.3, -0.25) is 5.41 Å². The number of nitrogens with one attached hydrogen (secondary N) is 2. The highest BCUT2D eigenvalue weighted by molar-refractivity contribution is 7.89. The largest absolute Gasteiger partial charge is 0.386 e. The van der Waals surface area contributed by atoms with Gasteiger partial charge in [-0.05, 0) is 31.5 Å². The van der Waals surface area contributed by atoms with Crippen LogP contribution in [0.4, 0.5) is 8.78 Å². The fourth-order valence-corrected chi connectivity index (χ4v) is 2.79. The lowest BCUT2D eigenvalue weighted by Crippen LogP contribution is -2.54. The molecule has 1 aromatic carbocycles. The van der Waals surface area contributed by atoms with E-state index in [9.17, 15) is 17.2 Å². The van der Waals surface area contributed by atoms with E-state index in [0.29, 0.717) is 6.07 Å². The van der Waals surface area contributed by atoms with Crippen molar-refractivity contribution in [3.05, 3.63) is 29.8 Å². The van der Waals surface area contributed by atoms with Gasteiger partial charge in [-0.2, -0.15) is 4.72 Å². The lowest BCUT2D eigenvalue weighted by molar-refractivity contribution is 0.495. The van der Waals surface area contributed by atoms with Crippen molar-refractivity contribution in [3.63, 3.8) is 0 Å². The normalized spacial score (nSPS) is 14.9. The van der Waals surface area contributed by atoms with Crippen LogP contribution < -0.4 is 10.5 Å². The third-order valence-corrected chi connectivity index (χ3v) is 4.46. The van der Waals surface area contributed by atoms with Crippen molar-refractivity contribution in [1.29, 1.82) is 5.41 Å². The average Bonchev–Trinajstić information content (AvgIpc) is 2.31. The number of nitrogens with two attached hydrogens (primary N) is 1. The summed E-state index contributed by atoms with van der Waals surface area (Å²) >= 11 is 0. The monoisotopic (exact) mass is 291 g/mol. The van der Waals surface area contributed by atoms with Crippen LogP contribution in [-0.4, -0.2) is 19.8 Å². The lowest BCUT2D eigenvalue weighted by atomic mass is 10.00. The van der Waals surface area contributed by atoms with Gasteiger partial charge in [0.15, 0.2) is 11.6 Å². The number of sulfonamides is 1. The molecule has 0 heterocycles. The Bertz CT molecular complexity index is 604. The molecule has 0 saturated heterocycles. The van der Waals surface area contributed by atoms with Crippen molar-refractivity contribution in [2.24, 2.45) is 5.73 Å². The average molecular weight is 291 g/mol. The Labute approximate surface area is 110 Å². The summed E-state index contributed by atoms with van der Waals surface area (Å²) in [4.78, 5) is -0.424. The van der Waals surface area contributed by atoms with Crippen LogP contribution in [0.15, 0.2) is 23.1 Å². The minimum Gasteiger partial charge on any atom is -0.386 e. The van der Waals surface area contributed by atoms with E-state index in [4.69, 9.17) is 11.1 Å². The second kappa shape index (κ2) is 5.22. The molecule has 4 N–H and O–H groups in total. The molecular formula is C11H15F2N3O2S. The molecule has 1 atom stereocenters. The highest BCUT2D eigenvalue weighted by atomic mass is 32.2. The van der Waals surface area contributed by atoms with E-state index in [1.54, 1.807) is 6.92 Å². The molecule has 0 spiro atoms. The number of amidine groups is 1. The Hall–Kier alpha value is -1.54. The fraction of sp³-hybridized carbons (Fsp3) is 0.364. The molecule has 1 rings (SSSR count). The highest BCUT2D eigenvalue weighted by Crippen LogP contribution is 2.18. The summed E-state index contributed by atoms with van der Waals surface area (Å²) in [7, 11) is -4.09. The smallest absolute Gasteiger partial charge is 0.241 e. The van der Waals surface area contributed by atoms with E-state index in [1.165, 1.54) is 6.92 Å². The highest BCUT2D eigenvalue weighted by Gasteiger charge is 2.32. The van der Waals surface area contributed by atoms with Crippen LogP contribution in [0.2, 0.25) is 0 Å². The third kappa shape index (κ3) is 3.27. The van der Waals surface area contributed by atoms with Crippen molar-refractivity contribution in [3.8, 4) is 0 Å². The predicted molar refractivity (Wildman–Crippen MR) is 67.3 cm³/mol. The standard InChI is InChI=1S/C11H15F2N3O2S/c1-3-11(2,10(14)15)16-19(17,18)7-4-5-8(12)9(13)6-7/h4-6,16H,3H2,1-2H3,(H3,14,15). The molecule has 0 amide bonds. The zero-order valence-electron chi connectivity index (χ0n) is 10.5. The van der Waals surface area contributed by atoms with Gasteiger partial charge in [-0.25, -0.2) is 17.2 Å². The molecule has 0 radical (unpaired) electrons. The van der Waals surface area contributed by atoms with Crippen LogP contribution in [0.3, 0.4) is 0 Å². The first-order valence-corrected chi connectivity index (χ1v) is 6.94. The van der Waals surface area contributed by atoms with E-state index >= 15 is 0 Å². The second-order valence-electron chi connectivity index (χ2n) is 4.28. The van der Waals surface area contributed by atoms with Crippen LogP contribution >= 0.6 is 0 Å². The van der Waals surface area contributed by atoms with Crippen molar-refractivity contribution in [2.75, 3.05) is 0 Å². The summed E-state index contributed by atoms with van der Waals surface area (Å²) in [5, 5.41) is 7.38. The predicted octanol–water partition coefficient (Wildman–Crippen LogP) is 1.35. The van der Waals surface area contributed by atoms with Crippen molar-refractivity contribution in [2.45, 2.75) is 30.7 Å². The first kappa shape index (κ1) is 15.5. The van der Waals surface area contributed by atoms with Gasteiger partial charge in [-0.1, -0.05) is 6.92 Å². The number of halogens is 2. The number of hydrogen-bond acceptors (Lipinski definition) is 3. The molecule has 0 aliphatic carbocycles. The van der Waals surface area contributed by atoms with Gasteiger partial charge >= 0.3 is 0 Å². The third-order valence-electron chi connectivity index (χ3n) is 2.86. The molecule has 0 aliphatic heterocycles. The summed E-state index contributed by atoms with van der Waals surface area (Å²) in [5.74, 6) is -2.76. The molecule has 8 heteroatoms. The summed E-state index contributed by atoms with van der Waals surface area (Å²) in [5.41, 5.74) is 4.07. The maximum Gasteiger partial charge on any atom is 0.241 e. The molecule has 1 unspecified atom stereocenters. The van der Waals surface area contributed by atoms with E-state index in [0.717, 1.165) is 12.1 Å². The molecule has 19 heavy (non-hydrogen) atoms. The zero-order valence-corrected chi connectivity index (χ0v) is 11.3. The SMILES string of the molecule is CCC(C)(NS(=O)(=O)c1ccc(F)c(F)c1)C(=N)N. The summed E-state index contributed by atoms with van der Waals surface area (Å²) in [6.07, 6.45) is 0.241. The summed E-state index contributed by atoms with van der Waals surface area (Å²) in [6, 6.07) is 2.24. The second-order valence-corrected chi connectivity index (χ2v) is 5.96. The quantitative estimate of drug-likeness (QED) is 0.564. The van der Waals surface area contributed by atoms with Crippen LogP contribution in [0, 0.1) is 17.0 Å². The van der Waals surface area contributed by atoms with Crippen molar-refractivity contribution < 1.29 is 17.2 Å². The van der Waals surface area contributed by atoms with Gasteiger partial charge < -0.3 is 5.73 Å². The Morgan fingerprint density at radius 1 is 1.42 bits per heavy atom. The minimum absolute atomic E-state index is 0.241. The van der Waals surface area contributed by atoms with E-state index in [1.807, 2.05) is 0 Å². The molecule has 0 aromatic heterocycles. The first-order chi connectivity index (χ1) is 8.62. The topological polar surface area (TPSA) is 96.0 Å². The molecule has 0 aliphatic rings. The molecule has 1 aromatic rings. The molecule has 0 bridgehead atoms. The molecule has 0 saturated carbocycles. The van der Waals surface area contributed by atoms with Crippen LogP contribution in [0.5, 0.6) is 0 Å². The fourth-order valence-electron chi connectivity index (χ4n) is 1.32. The molecule has 106 valence electrons. The van der Waals surface area contributed by atoms with Crippen molar-refractivity contribution in [1.82, 2.24) is 4.72 Å². The maximum absolute atomic E-state index is 13.0. The molecular weight excluding hydrogens is 276 g/mol. The van der Waals surface area contributed by atoms with Crippen LogP contribution in [-0.2, 0) is 10.0 Å². The minimum atomic E-state index is -4.09. The summed E-state index contributed by atoms with van der Waals surface area (Å²) < 4.78 is 52.1. The number of benzene rings is 1. The van der Waals surface area contributed by atoms with Gasteiger partial charge in [0.2, 0.25) is 10.0 Å². The van der Waals surface area contributed by atoms with E-state index < -0.39 is 32.1 Å². The van der Waals surface area contributed by atoms with E-state index in [-0.39, 0.29) is 12.3 Å². The van der Waals surface area contributed by atoms with Gasteiger partial charge in [0.25, 0.3) is 0 Å². The number of hydrogen-bond donors (Lipinski definition) is 3. The first-order valence-electron chi connectivity index (χ1n) is 5.46. The molecule has 0 fully saturated rings. The molecule has 5 nitrogen and oxygen atoms in total. The number of rotatable bonds is 5. The Morgan fingerprint density at radius 2 is 2.00 bits per heavy atom. The van der Waals surface area contributed by atoms with Gasteiger partial charge in [0, 0.05) is 0 Å². The summed E-state index contributed by atoms with van der Waals surface area (Å²) in [6.45, 7) is 3.09. The van der Waals surface area contributed by atoms with Gasteiger partial charge in [0.05, 0.1) is 10.4 Å². The maximum atomic E-state index is 13.0. The Balaban J connectivity index is 3.18. The Morgan fingerprint density at radius 3 is 2.42 bits per heavy atom. The Kier molecular flexibility index (Phi) is 4.26. The van der Waals surface area contributed by atoms with Gasteiger partial charge in [-0.15, -0.1) is 0 Å². The zero-order chi connectivity index (χ0) is 14.8. The van der Waals surface area contributed by atoms with Crippen LogP contribution in [0.25, 0.3) is 0 Å². The van der Waals surface area contributed by atoms with Gasteiger partial charge in [0.1, 0.15) is 5.84 Å². The van der Waals surface area contributed by atoms with E-state index in [2.05, 4.69) is 4.72 Å². The van der Waals surface area contributed by atoms with Crippen molar-refractivity contribution >= 4 is 15.9 Å².